The van der Waals surface area contributed by atoms with Gasteiger partial charge in [-0.1, -0.05) is 18.2 Å². The van der Waals surface area contributed by atoms with Gasteiger partial charge in [0.25, 0.3) is 0 Å². The Hall–Kier alpha value is -1.36. The number of aromatic amines is 1. The van der Waals surface area contributed by atoms with Crippen molar-refractivity contribution in [2.45, 2.75) is 51.7 Å². The van der Waals surface area contributed by atoms with E-state index in [2.05, 4.69) is 46.8 Å². The molecule has 1 aromatic carbocycles. The molecule has 0 bridgehead atoms. The summed E-state index contributed by atoms with van der Waals surface area (Å²) in [6.07, 6.45) is 4.37. The summed E-state index contributed by atoms with van der Waals surface area (Å²) in [5.74, 6) is 0. The van der Waals surface area contributed by atoms with E-state index < -0.39 is 5.60 Å². The molecule has 0 unspecified atom stereocenters. The number of aromatic nitrogens is 1. The molecule has 2 aliphatic heterocycles. The van der Waals surface area contributed by atoms with Crippen LogP contribution in [0, 0.1) is 13.8 Å². The summed E-state index contributed by atoms with van der Waals surface area (Å²) < 4.78 is 0. The number of rotatable bonds is 4. The van der Waals surface area contributed by atoms with Crippen molar-refractivity contribution in [2.24, 2.45) is 0 Å². The van der Waals surface area contributed by atoms with E-state index in [0.717, 1.165) is 39.0 Å². The molecule has 136 valence electrons. The molecule has 2 aromatic rings. The molecule has 2 saturated heterocycles. The average Bonchev–Trinajstić information content (AvgIpc) is 3.20. The fourth-order valence-corrected chi connectivity index (χ4v) is 4.58. The summed E-state index contributed by atoms with van der Waals surface area (Å²) in [6.45, 7) is 10.5. The molecule has 2 fully saturated rings. The Labute approximate surface area is 150 Å². The number of nitrogens with zero attached hydrogens (tertiary/aromatic N) is 2. The predicted octanol–water partition coefficient (Wildman–Crippen LogP) is 3.21. The molecule has 0 spiro atoms. The number of nitrogens with one attached hydrogen (secondary N) is 1. The Bertz CT molecular complexity index is 737. The first-order chi connectivity index (χ1) is 12.0. The van der Waals surface area contributed by atoms with Crippen LogP contribution in [0.4, 0.5) is 0 Å². The Morgan fingerprint density at radius 1 is 1.04 bits per heavy atom. The van der Waals surface area contributed by atoms with Crippen LogP contribution in [0.25, 0.3) is 10.9 Å². The van der Waals surface area contributed by atoms with Gasteiger partial charge in [-0.3, -0.25) is 4.90 Å². The number of H-pyrrole nitrogens is 1. The van der Waals surface area contributed by atoms with Gasteiger partial charge in [0.05, 0.1) is 5.60 Å². The highest BCUT2D eigenvalue weighted by molar-refractivity contribution is 5.86. The zero-order valence-corrected chi connectivity index (χ0v) is 15.6. The van der Waals surface area contributed by atoms with Crippen molar-refractivity contribution in [3.8, 4) is 0 Å². The van der Waals surface area contributed by atoms with Crippen molar-refractivity contribution >= 4 is 10.9 Å². The number of para-hydroxylation sites is 1. The van der Waals surface area contributed by atoms with Gasteiger partial charge in [-0.05, 0) is 63.7 Å². The molecule has 0 aliphatic carbocycles. The fourth-order valence-electron chi connectivity index (χ4n) is 4.58. The first-order valence-electron chi connectivity index (χ1n) is 9.78. The molecular weight excluding hydrogens is 310 g/mol. The van der Waals surface area contributed by atoms with Gasteiger partial charge in [0, 0.05) is 42.8 Å². The van der Waals surface area contributed by atoms with Crippen molar-refractivity contribution in [3.63, 3.8) is 0 Å². The van der Waals surface area contributed by atoms with Crippen molar-refractivity contribution in [3.05, 3.63) is 35.0 Å². The van der Waals surface area contributed by atoms with Gasteiger partial charge >= 0.3 is 0 Å². The third-order valence-corrected chi connectivity index (χ3v) is 6.29. The second-order valence-electron chi connectivity index (χ2n) is 8.21. The quantitative estimate of drug-likeness (QED) is 0.897. The maximum absolute atomic E-state index is 10.9. The average molecular weight is 341 g/mol. The van der Waals surface area contributed by atoms with Crippen molar-refractivity contribution in [1.82, 2.24) is 14.8 Å². The standard InChI is InChI=1S/C21H31N3O/c1-16-6-5-7-18-17(2)19(22-20(16)18)14-23-12-8-21(25,9-13-23)15-24-10-3-4-11-24/h5-7,22,25H,3-4,8-15H2,1-2H3. The number of fused-ring (bicyclic) bond motifs is 1. The van der Waals surface area contributed by atoms with E-state index >= 15 is 0 Å². The number of benzene rings is 1. The van der Waals surface area contributed by atoms with Gasteiger partial charge in [-0.2, -0.15) is 0 Å². The van der Waals surface area contributed by atoms with Gasteiger partial charge in [-0.25, -0.2) is 0 Å². The van der Waals surface area contributed by atoms with Crippen LogP contribution >= 0.6 is 0 Å². The largest absolute Gasteiger partial charge is 0.388 e. The van der Waals surface area contributed by atoms with Crippen molar-refractivity contribution in [2.75, 3.05) is 32.7 Å². The van der Waals surface area contributed by atoms with E-state index in [1.54, 1.807) is 0 Å². The lowest BCUT2D eigenvalue weighted by atomic mass is 9.90. The first kappa shape index (κ1) is 17.1. The summed E-state index contributed by atoms with van der Waals surface area (Å²) in [6, 6.07) is 6.52. The van der Waals surface area contributed by atoms with Crippen LogP contribution in [0.3, 0.4) is 0 Å². The highest BCUT2D eigenvalue weighted by Gasteiger charge is 2.34. The second-order valence-corrected chi connectivity index (χ2v) is 8.21. The lowest BCUT2D eigenvalue weighted by Gasteiger charge is -2.40. The fraction of sp³-hybridized carbons (Fsp3) is 0.619. The van der Waals surface area contributed by atoms with E-state index in [9.17, 15) is 5.11 Å². The number of aryl methyl sites for hydroxylation is 2. The van der Waals surface area contributed by atoms with Gasteiger partial charge < -0.3 is 15.0 Å². The molecule has 4 nitrogen and oxygen atoms in total. The third kappa shape index (κ3) is 3.48. The lowest BCUT2D eigenvalue weighted by molar-refractivity contribution is -0.0432. The third-order valence-electron chi connectivity index (χ3n) is 6.29. The van der Waals surface area contributed by atoms with Crippen LogP contribution in [0.2, 0.25) is 0 Å². The Morgan fingerprint density at radius 2 is 1.76 bits per heavy atom. The van der Waals surface area contributed by atoms with Crippen LogP contribution in [0.5, 0.6) is 0 Å². The number of hydrogen-bond donors (Lipinski definition) is 2. The highest BCUT2D eigenvalue weighted by atomic mass is 16.3. The van der Waals surface area contributed by atoms with Gasteiger partial charge in [0.1, 0.15) is 0 Å². The Balaban J connectivity index is 1.40. The molecule has 0 radical (unpaired) electrons. The summed E-state index contributed by atoms with van der Waals surface area (Å²) in [5.41, 5.74) is 4.81. The topological polar surface area (TPSA) is 42.5 Å². The van der Waals surface area contributed by atoms with Crippen LogP contribution in [-0.4, -0.2) is 58.2 Å². The number of aliphatic hydroxyl groups is 1. The Morgan fingerprint density at radius 3 is 2.44 bits per heavy atom. The van der Waals surface area contributed by atoms with E-state index in [4.69, 9.17) is 0 Å². The number of hydrogen-bond acceptors (Lipinski definition) is 3. The second kappa shape index (κ2) is 6.75. The van der Waals surface area contributed by atoms with E-state index in [1.807, 2.05) is 0 Å². The Kier molecular flexibility index (Phi) is 4.61. The van der Waals surface area contributed by atoms with E-state index in [-0.39, 0.29) is 0 Å². The summed E-state index contributed by atoms with van der Waals surface area (Å²) >= 11 is 0. The van der Waals surface area contributed by atoms with E-state index in [1.165, 1.54) is 53.7 Å². The molecule has 2 aliphatic rings. The van der Waals surface area contributed by atoms with Crippen LogP contribution < -0.4 is 0 Å². The highest BCUT2D eigenvalue weighted by Crippen LogP contribution is 2.28. The molecule has 1 aromatic heterocycles. The summed E-state index contributed by atoms with van der Waals surface area (Å²) in [4.78, 5) is 8.58. The van der Waals surface area contributed by atoms with Gasteiger partial charge in [-0.15, -0.1) is 0 Å². The molecule has 0 saturated carbocycles. The monoisotopic (exact) mass is 341 g/mol. The maximum atomic E-state index is 10.9. The number of likely N-dealkylation sites (tertiary alicyclic amines) is 2. The predicted molar refractivity (Wildman–Crippen MR) is 103 cm³/mol. The smallest absolute Gasteiger partial charge is 0.0798 e. The zero-order valence-electron chi connectivity index (χ0n) is 15.6. The summed E-state index contributed by atoms with van der Waals surface area (Å²) in [5, 5.41) is 12.3. The minimum atomic E-state index is -0.479. The molecule has 2 N–H and O–H groups in total. The molecule has 0 amide bonds. The lowest BCUT2D eigenvalue weighted by Crippen LogP contribution is -2.50. The molecule has 3 heterocycles. The molecule has 4 rings (SSSR count). The number of β-amino-alcohol motifs (C(OH)–C–C–N with tert-alkyl or cyclic N) is 1. The van der Waals surface area contributed by atoms with Gasteiger partial charge in [0.15, 0.2) is 0 Å². The van der Waals surface area contributed by atoms with Crippen LogP contribution in [0.1, 0.15) is 42.5 Å². The van der Waals surface area contributed by atoms with Crippen LogP contribution in [0.15, 0.2) is 18.2 Å². The normalized spacial score (nSPS) is 22.0. The SMILES string of the molecule is Cc1c(CN2CCC(O)(CN3CCCC3)CC2)[nH]c2c(C)cccc12. The minimum absolute atomic E-state index is 0.479. The maximum Gasteiger partial charge on any atom is 0.0798 e. The minimum Gasteiger partial charge on any atom is -0.388 e. The van der Waals surface area contributed by atoms with Gasteiger partial charge in [0.2, 0.25) is 0 Å². The van der Waals surface area contributed by atoms with Crippen molar-refractivity contribution in [1.29, 1.82) is 0 Å². The summed E-state index contributed by atoms with van der Waals surface area (Å²) in [7, 11) is 0. The zero-order chi connectivity index (χ0) is 17.4. The molecule has 25 heavy (non-hydrogen) atoms. The molecule has 0 atom stereocenters. The van der Waals surface area contributed by atoms with Crippen molar-refractivity contribution < 1.29 is 5.11 Å². The molecule has 4 heteroatoms. The number of piperidine rings is 1. The van der Waals surface area contributed by atoms with Crippen LogP contribution in [-0.2, 0) is 6.54 Å². The first-order valence-corrected chi connectivity index (χ1v) is 9.78. The van der Waals surface area contributed by atoms with E-state index in [0.29, 0.717) is 0 Å². The molecular formula is C21H31N3O.